The first kappa shape index (κ1) is 21.8. The van der Waals surface area contributed by atoms with Crippen LogP contribution in [0.1, 0.15) is 17.7 Å². The van der Waals surface area contributed by atoms with Crippen LogP contribution in [0.3, 0.4) is 0 Å². The first-order chi connectivity index (χ1) is 12.6. The Labute approximate surface area is 183 Å². The number of nitrogens with one attached hydrogen (secondary N) is 1. The van der Waals surface area contributed by atoms with E-state index in [1.54, 1.807) is 6.20 Å². The fourth-order valence-corrected chi connectivity index (χ4v) is 3.44. The highest BCUT2D eigenvalue weighted by Gasteiger charge is 2.23. The standard InChI is InChI=1S/C20H26ClN5.HI/c1-15-5-6-17(21)12-19(15)26-11-8-16(14-26)13-25-20(22)24-10-7-18-4-2-3-9-23-18;/h2-6,9,12,16H,7-8,10-11,13-14H2,1H3,(H3,22,24,25);1H. The summed E-state index contributed by atoms with van der Waals surface area (Å²) in [5.74, 6) is 1.03. The normalized spacial score (nSPS) is 16.9. The number of aryl methyl sites for hydroxylation is 1. The Hall–Kier alpha value is -1.54. The zero-order valence-electron chi connectivity index (χ0n) is 15.6. The lowest BCUT2D eigenvalue weighted by Gasteiger charge is -2.21. The molecule has 7 heteroatoms. The highest BCUT2D eigenvalue weighted by atomic mass is 127. The minimum atomic E-state index is 0. The number of guanidine groups is 1. The highest BCUT2D eigenvalue weighted by Crippen LogP contribution is 2.29. The molecule has 2 aromatic rings. The van der Waals surface area contributed by atoms with Crippen LogP contribution in [-0.2, 0) is 6.42 Å². The summed E-state index contributed by atoms with van der Waals surface area (Å²) < 4.78 is 0. The van der Waals surface area contributed by atoms with Crippen LogP contribution in [-0.4, -0.2) is 37.1 Å². The van der Waals surface area contributed by atoms with E-state index in [0.717, 1.165) is 49.7 Å². The first-order valence-corrected chi connectivity index (χ1v) is 9.44. The zero-order chi connectivity index (χ0) is 18.4. The third-order valence-corrected chi connectivity index (χ3v) is 4.97. The number of aliphatic imine (C=N–C) groups is 1. The predicted octanol–water partition coefficient (Wildman–Crippen LogP) is 3.63. The number of nitrogens with zero attached hydrogens (tertiary/aromatic N) is 3. The van der Waals surface area contributed by atoms with Gasteiger partial charge in [0.15, 0.2) is 5.96 Å². The van der Waals surface area contributed by atoms with Gasteiger partial charge in [0.25, 0.3) is 0 Å². The van der Waals surface area contributed by atoms with Gasteiger partial charge in [-0.2, -0.15) is 0 Å². The van der Waals surface area contributed by atoms with Crippen LogP contribution in [0.15, 0.2) is 47.6 Å². The summed E-state index contributed by atoms with van der Waals surface area (Å²) in [5.41, 5.74) is 9.53. The van der Waals surface area contributed by atoms with E-state index >= 15 is 0 Å². The van der Waals surface area contributed by atoms with Gasteiger partial charge >= 0.3 is 0 Å². The molecule has 0 aliphatic carbocycles. The van der Waals surface area contributed by atoms with Gasteiger partial charge in [0.1, 0.15) is 0 Å². The molecule has 1 aliphatic rings. The van der Waals surface area contributed by atoms with Gasteiger partial charge in [-0.15, -0.1) is 24.0 Å². The maximum Gasteiger partial charge on any atom is 0.188 e. The molecule has 1 fully saturated rings. The maximum absolute atomic E-state index is 6.15. The Bertz CT molecular complexity index is 753. The molecule has 0 bridgehead atoms. The summed E-state index contributed by atoms with van der Waals surface area (Å²) >= 11 is 6.15. The molecule has 2 heterocycles. The number of benzene rings is 1. The molecule has 5 nitrogen and oxygen atoms in total. The molecule has 0 saturated carbocycles. The van der Waals surface area contributed by atoms with E-state index in [4.69, 9.17) is 17.3 Å². The van der Waals surface area contributed by atoms with E-state index in [0.29, 0.717) is 11.9 Å². The summed E-state index contributed by atoms with van der Waals surface area (Å²) in [7, 11) is 0. The second kappa shape index (κ2) is 10.7. The first-order valence-electron chi connectivity index (χ1n) is 9.06. The molecule has 0 radical (unpaired) electrons. The summed E-state index contributed by atoms with van der Waals surface area (Å²) in [6, 6.07) is 12.0. The number of anilines is 1. The zero-order valence-corrected chi connectivity index (χ0v) is 18.7. The van der Waals surface area contributed by atoms with Crippen molar-refractivity contribution < 1.29 is 0 Å². The van der Waals surface area contributed by atoms with Gasteiger partial charge in [-0.25, -0.2) is 0 Å². The number of pyridine rings is 1. The quantitative estimate of drug-likeness (QED) is 0.362. The predicted molar refractivity (Wildman–Crippen MR) is 124 cm³/mol. The Kier molecular flexibility index (Phi) is 8.63. The van der Waals surface area contributed by atoms with Crippen molar-refractivity contribution in [1.29, 1.82) is 0 Å². The molecular weight excluding hydrogens is 473 g/mol. The van der Waals surface area contributed by atoms with Gasteiger partial charge in [0.2, 0.25) is 0 Å². The largest absolute Gasteiger partial charge is 0.371 e. The van der Waals surface area contributed by atoms with Crippen LogP contribution in [0.25, 0.3) is 0 Å². The van der Waals surface area contributed by atoms with Gasteiger partial charge in [-0.3, -0.25) is 9.98 Å². The average molecular weight is 500 g/mol. The van der Waals surface area contributed by atoms with Crippen LogP contribution in [0.2, 0.25) is 5.02 Å². The van der Waals surface area contributed by atoms with E-state index in [-0.39, 0.29) is 24.0 Å². The molecule has 1 unspecified atom stereocenters. The topological polar surface area (TPSA) is 66.5 Å². The van der Waals surface area contributed by atoms with E-state index in [1.807, 2.05) is 24.3 Å². The number of hydrogen-bond acceptors (Lipinski definition) is 3. The van der Waals surface area contributed by atoms with Gasteiger partial charge in [0, 0.05) is 55.2 Å². The van der Waals surface area contributed by atoms with E-state index in [9.17, 15) is 0 Å². The number of nitrogens with two attached hydrogens (primary N) is 1. The summed E-state index contributed by atoms with van der Waals surface area (Å²) in [4.78, 5) is 11.2. The van der Waals surface area contributed by atoms with Gasteiger partial charge in [-0.1, -0.05) is 23.7 Å². The molecular formula is C20H27ClIN5. The maximum atomic E-state index is 6.15. The van der Waals surface area contributed by atoms with Gasteiger partial charge in [0.05, 0.1) is 0 Å². The fourth-order valence-electron chi connectivity index (χ4n) is 3.27. The number of rotatable bonds is 6. The molecule has 1 saturated heterocycles. The molecule has 3 N–H and O–H groups in total. The monoisotopic (exact) mass is 499 g/mol. The number of halogens is 2. The molecule has 0 amide bonds. The number of hydrogen-bond donors (Lipinski definition) is 2. The minimum Gasteiger partial charge on any atom is -0.371 e. The van der Waals surface area contributed by atoms with E-state index in [2.05, 4.69) is 39.2 Å². The van der Waals surface area contributed by atoms with Crippen molar-refractivity contribution in [2.75, 3.05) is 31.1 Å². The summed E-state index contributed by atoms with van der Waals surface area (Å²) in [6.07, 6.45) is 3.76. The fraction of sp³-hybridized carbons (Fsp3) is 0.400. The van der Waals surface area contributed by atoms with Crippen LogP contribution in [0.4, 0.5) is 5.69 Å². The van der Waals surface area contributed by atoms with Crippen molar-refractivity contribution in [1.82, 2.24) is 10.3 Å². The van der Waals surface area contributed by atoms with Crippen LogP contribution in [0.5, 0.6) is 0 Å². The molecule has 3 rings (SSSR count). The van der Waals surface area contributed by atoms with Gasteiger partial charge in [-0.05, 0) is 49.1 Å². The Balaban J connectivity index is 0.00000261. The Morgan fingerprint density at radius 1 is 1.37 bits per heavy atom. The lowest BCUT2D eigenvalue weighted by atomic mass is 10.1. The second-order valence-electron chi connectivity index (χ2n) is 6.76. The van der Waals surface area contributed by atoms with Crippen molar-refractivity contribution in [2.24, 2.45) is 16.6 Å². The SMILES string of the molecule is Cc1ccc(Cl)cc1N1CCC(CN=C(N)NCCc2ccccn2)C1.I. The minimum absolute atomic E-state index is 0. The lowest BCUT2D eigenvalue weighted by Crippen LogP contribution is -2.34. The Morgan fingerprint density at radius 2 is 2.22 bits per heavy atom. The van der Waals surface area contributed by atoms with Crippen molar-refractivity contribution in [3.63, 3.8) is 0 Å². The van der Waals surface area contributed by atoms with Crippen LogP contribution >= 0.6 is 35.6 Å². The summed E-state index contributed by atoms with van der Waals surface area (Å²) in [5, 5.41) is 3.96. The molecule has 27 heavy (non-hydrogen) atoms. The highest BCUT2D eigenvalue weighted by molar-refractivity contribution is 14.0. The van der Waals surface area contributed by atoms with Crippen molar-refractivity contribution in [2.45, 2.75) is 19.8 Å². The van der Waals surface area contributed by atoms with Crippen molar-refractivity contribution >= 4 is 47.2 Å². The average Bonchev–Trinajstić information content (AvgIpc) is 3.12. The molecule has 1 aromatic heterocycles. The van der Waals surface area contributed by atoms with E-state index in [1.165, 1.54) is 11.3 Å². The number of aromatic nitrogens is 1. The van der Waals surface area contributed by atoms with E-state index < -0.39 is 0 Å². The van der Waals surface area contributed by atoms with Crippen molar-refractivity contribution in [3.05, 3.63) is 58.9 Å². The second-order valence-corrected chi connectivity index (χ2v) is 7.19. The molecule has 0 spiro atoms. The van der Waals surface area contributed by atoms with Gasteiger partial charge < -0.3 is 16.0 Å². The third kappa shape index (κ3) is 6.53. The van der Waals surface area contributed by atoms with Crippen LogP contribution in [0, 0.1) is 12.8 Å². The molecule has 1 aliphatic heterocycles. The van der Waals surface area contributed by atoms with Crippen molar-refractivity contribution in [3.8, 4) is 0 Å². The Morgan fingerprint density at radius 3 is 3.00 bits per heavy atom. The molecule has 1 aromatic carbocycles. The summed E-state index contributed by atoms with van der Waals surface area (Å²) in [6.45, 7) is 5.64. The van der Waals surface area contributed by atoms with Crippen LogP contribution < -0.4 is 16.0 Å². The molecule has 1 atom stereocenters. The molecule has 146 valence electrons. The lowest BCUT2D eigenvalue weighted by molar-refractivity contribution is 0.601. The third-order valence-electron chi connectivity index (χ3n) is 4.73. The smallest absolute Gasteiger partial charge is 0.188 e.